The Kier molecular flexibility index (Phi) is 7.35. The summed E-state index contributed by atoms with van der Waals surface area (Å²) in [5.74, 6) is 0.850. The lowest BCUT2D eigenvalue weighted by molar-refractivity contribution is -0.118. The second kappa shape index (κ2) is 9.00. The first-order valence-corrected chi connectivity index (χ1v) is 8.00. The van der Waals surface area contributed by atoms with Gasteiger partial charge in [0.15, 0.2) is 0 Å². The third-order valence-corrected chi connectivity index (χ3v) is 2.74. The van der Waals surface area contributed by atoms with E-state index in [2.05, 4.69) is 16.0 Å². The molecular weight excluding hydrogens is 310 g/mol. The molecule has 3 amide bonds. The molecule has 1 aromatic rings. The van der Waals surface area contributed by atoms with Gasteiger partial charge in [-0.2, -0.15) is 0 Å². The maximum Gasteiger partial charge on any atom is 0.321 e. The topological polar surface area (TPSA) is 88.7 Å². The molecule has 0 aliphatic rings. The van der Waals surface area contributed by atoms with Crippen LogP contribution in [0, 0.1) is 0 Å². The summed E-state index contributed by atoms with van der Waals surface area (Å²) in [5.41, 5.74) is 0.223. The first-order chi connectivity index (χ1) is 11.2. The fraction of sp³-hybridized carbons (Fsp3) is 0.529. The Bertz CT molecular complexity index is 567. The van der Waals surface area contributed by atoms with Crippen LogP contribution in [0.1, 0.15) is 34.6 Å². The van der Waals surface area contributed by atoms with E-state index in [1.165, 1.54) is 0 Å². The largest absolute Gasteiger partial charge is 0.494 e. The average Bonchev–Trinajstić information content (AvgIpc) is 2.45. The lowest BCUT2D eigenvalue weighted by atomic mass is 10.1. The Morgan fingerprint density at radius 3 is 2.33 bits per heavy atom. The first kappa shape index (κ1) is 19.6. The summed E-state index contributed by atoms with van der Waals surface area (Å²) in [6, 6.07) is 4.82. The molecule has 0 bridgehead atoms. The molecule has 24 heavy (non-hydrogen) atoms. The molecular formula is C17H27N3O4. The predicted molar refractivity (Wildman–Crippen MR) is 93.7 cm³/mol. The number of carbonyl (C=O) groups is 2. The van der Waals surface area contributed by atoms with Crippen molar-refractivity contribution < 1.29 is 19.1 Å². The highest BCUT2D eigenvalue weighted by molar-refractivity contribution is 5.96. The predicted octanol–water partition coefficient (Wildman–Crippen LogP) is 2.52. The second-order valence-electron chi connectivity index (χ2n) is 6.13. The molecule has 1 aromatic carbocycles. The zero-order chi connectivity index (χ0) is 18.2. The maximum absolute atomic E-state index is 11.9. The zero-order valence-corrected chi connectivity index (χ0v) is 15.0. The van der Waals surface area contributed by atoms with E-state index in [0.29, 0.717) is 30.4 Å². The van der Waals surface area contributed by atoms with Gasteiger partial charge in [-0.15, -0.1) is 0 Å². The quantitative estimate of drug-likeness (QED) is 0.711. The third kappa shape index (κ3) is 7.21. The first-order valence-electron chi connectivity index (χ1n) is 8.00. The number of rotatable bonds is 7. The van der Waals surface area contributed by atoms with Crippen LogP contribution in [0.4, 0.5) is 10.5 Å². The SMILES string of the molecule is CCOc1ccc(OCC)c(NCC(=O)NC(=O)NC(C)(C)C)c1. The molecule has 0 aromatic heterocycles. The molecule has 0 radical (unpaired) electrons. The number of carbonyl (C=O) groups excluding carboxylic acids is 2. The van der Waals surface area contributed by atoms with Crippen molar-refractivity contribution in [3.8, 4) is 11.5 Å². The molecule has 0 atom stereocenters. The van der Waals surface area contributed by atoms with Gasteiger partial charge in [0.25, 0.3) is 0 Å². The Hall–Kier alpha value is -2.44. The Morgan fingerprint density at radius 2 is 1.75 bits per heavy atom. The van der Waals surface area contributed by atoms with E-state index in [1.54, 1.807) is 18.2 Å². The van der Waals surface area contributed by atoms with Crippen molar-refractivity contribution in [1.82, 2.24) is 10.6 Å². The number of hydrogen-bond donors (Lipinski definition) is 3. The third-order valence-electron chi connectivity index (χ3n) is 2.74. The van der Waals surface area contributed by atoms with E-state index in [1.807, 2.05) is 34.6 Å². The van der Waals surface area contributed by atoms with Crippen LogP contribution in [-0.2, 0) is 4.79 Å². The van der Waals surface area contributed by atoms with E-state index >= 15 is 0 Å². The van der Waals surface area contributed by atoms with Crippen LogP contribution >= 0.6 is 0 Å². The standard InChI is InChI=1S/C17H27N3O4/c1-6-23-12-8-9-14(24-7-2)13(10-12)18-11-15(21)19-16(22)20-17(3,4)5/h8-10,18H,6-7,11H2,1-5H3,(H2,19,20,21,22). The van der Waals surface area contributed by atoms with Gasteiger partial charge in [0.05, 0.1) is 25.4 Å². The van der Waals surface area contributed by atoms with Gasteiger partial charge in [0.1, 0.15) is 11.5 Å². The Morgan fingerprint density at radius 1 is 1.08 bits per heavy atom. The average molecular weight is 337 g/mol. The van der Waals surface area contributed by atoms with Crippen molar-refractivity contribution in [2.45, 2.75) is 40.2 Å². The summed E-state index contributed by atoms with van der Waals surface area (Å²) in [6.07, 6.45) is 0. The summed E-state index contributed by atoms with van der Waals surface area (Å²) in [7, 11) is 0. The van der Waals surface area contributed by atoms with Crippen molar-refractivity contribution in [3.05, 3.63) is 18.2 Å². The molecule has 1 rings (SSSR count). The van der Waals surface area contributed by atoms with Crippen molar-refractivity contribution in [3.63, 3.8) is 0 Å². The van der Waals surface area contributed by atoms with Crippen LogP contribution in [0.2, 0.25) is 0 Å². The van der Waals surface area contributed by atoms with Crippen LogP contribution < -0.4 is 25.4 Å². The molecule has 0 unspecified atom stereocenters. The molecule has 3 N–H and O–H groups in total. The zero-order valence-electron chi connectivity index (χ0n) is 15.0. The van der Waals surface area contributed by atoms with Gasteiger partial charge < -0.3 is 20.1 Å². The van der Waals surface area contributed by atoms with Crippen LogP contribution in [0.3, 0.4) is 0 Å². The van der Waals surface area contributed by atoms with Gasteiger partial charge in [0.2, 0.25) is 5.91 Å². The monoisotopic (exact) mass is 337 g/mol. The molecule has 0 saturated heterocycles. The van der Waals surface area contributed by atoms with Gasteiger partial charge in [-0.05, 0) is 46.8 Å². The fourth-order valence-corrected chi connectivity index (χ4v) is 1.90. The van der Waals surface area contributed by atoms with Gasteiger partial charge in [-0.3, -0.25) is 10.1 Å². The van der Waals surface area contributed by atoms with E-state index in [-0.39, 0.29) is 6.54 Å². The summed E-state index contributed by atoms with van der Waals surface area (Å²) < 4.78 is 11.0. The Labute approximate surface area is 143 Å². The van der Waals surface area contributed by atoms with E-state index in [9.17, 15) is 9.59 Å². The summed E-state index contributed by atoms with van der Waals surface area (Å²) in [5, 5.41) is 7.90. The molecule has 0 heterocycles. The van der Waals surface area contributed by atoms with Crippen LogP contribution in [0.15, 0.2) is 18.2 Å². The summed E-state index contributed by atoms with van der Waals surface area (Å²) in [6.45, 7) is 10.3. The van der Waals surface area contributed by atoms with Crippen LogP contribution in [0.5, 0.6) is 11.5 Å². The number of nitrogens with one attached hydrogen (secondary N) is 3. The number of amides is 3. The number of benzene rings is 1. The van der Waals surface area contributed by atoms with E-state index in [0.717, 1.165) is 0 Å². The molecule has 0 spiro atoms. The highest BCUT2D eigenvalue weighted by atomic mass is 16.5. The van der Waals surface area contributed by atoms with Crippen molar-refractivity contribution >= 4 is 17.6 Å². The van der Waals surface area contributed by atoms with Gasteiger partial charge in [-0.25, -0.2) is 4.79 Å². The smallest absolute Gasteiger partial charge is 0.321 e. The van der Waals surface area contributed by atoms with Crippen molar-refractivity contribution in [2.75, 3.05) is 25.1 Å². The molecule has 7 nitrogen and oxygen atoms in total. The highest BCUT2D eigenvalue weighted by Crippen LogP contribution is 2.29. The molecule has 0 aliphatic heterocycles. The van der Waals surface area contributed by atoms with Gasteiger partial charge >= 0.3 is 6.03 Å². The summed E-state index contributed by atoms with van der Waals surface area (Å²) >= 11 is 0. The Balaban J connectivity index is 2.65. The number of urea groups is 1. The number of hydrogen-bond acceptors (Lipinski definition) is 5. The molecule has 0 fully saturated rings. The molecule has 0 saturated carbocycles. The molecule has 134 valence electrons. The number of ether oxygens (including phenoxy) is 2. The molecule has 0 aliphatic carbocycles. The molecule has 7 heteroatoms. The normalized spacial score (nSPS) is 10.7. The second-order valence-corrected chi connectivity index (χ2v) is 6.13. The fourth-order valence-electron chi connectivity index (χ4n) is 1.90. The van der Waals surface area contributed by atoms with Crippen molar-refractivity contribution in [2.24, 2.45) is 0 Å². The highest BCUT2D eigenvalue weighted by Gasteiger charge is 2.16. The van der Waals surface area contributed by atoms with Gasteiger partial charge in [-0.1, -0.05) is 0 Å². The summed E-state index contributed by atoms with van der Waals surface area (Å²) in [4.78, 5) is 23.6. The van der Waals surface area contributed by atoms with Crippen LogP contribution in [0.25, 0.3) is 0 Å². The lowest BCUT2D eigenvalue weighted by Gasteiger charge is -2.20. The minimum absolute atomic E-state index is 0.0623. The van der Waals surface area contributed by atoms with Crippen LogP contribution in [-0.4, -0.2) is 37.2 Å². The van der Waals surface area contributed by atoms with E-state index < -0.39 is 17.5 Å². The maximum atomic E-state index is 11.9. The number of anilines is 1. The number of imide groups is 1. The van der Waals surface area contributed by atoms with E-state index in [4.69, 9.17) is 9.47 Å². The van der Waals surface area contributed by atoms with Gasteiger partial charge in [0, 0.05) is 11.6 Å². The minimum atomic E-state index is -0.526. The van der Waals surface area contributed by atoms with Crippen molar-refractivity contribution in [1.29, 1.82) is 0 Å². The minimum Gasteiger partial charge on any atom is -0.494 e. The lowest BCUT2D eigenvalue weighted by Crippen LogP contribution is -2.49.